The lowest BCUT2D eigenvalue weighted by atomic mass is 10.3. The number of tetrazole rings is 1. The number of thioether (sulfide) groups is 1. The molecule has 2 aromatic rings. The fourth-order valence-corrected chi connectivity index (χ4v) is 2.38. The van der Waals surface area contributed by atoms with E-state index in [0.717, 1.165) is 35.9 Å². The first-order chi connectivity index (χ1) is 8.90. The van der Waals surface area contributed by atoms with Crippen molar-refractivity contribution in [3.63, 3.8) is 0 Å². The molecular formula is C11H16N4O2S. The lowest BCUT2D eigenvalue weighted by molar-refractivity contribution is 0.284. The Balaban J connectivity index is 1.80. The van der Waals surface area contributed by atoms with Crippen LogP contribution in [0.5, 0.6) is 0 Å². The van der Waals surface area contributed by atoms with Crippen molar-refractivity contribution >= 4 is 11.8 Å². The molecule has 18 heavy (non-hydrogen) atoms. The molecule has 1 N–H and O–H groups in total. The third-order valence-electron chi connectivity index (χ3n) is 2.42. The van der Waals surface area contributed by atoms with Crippen LogP contribution >= 0.6 is 11.8 Å². The van der Waals surface area contributed by atoms with Crippen LogP contribution in [-0.2, 0) is 6.54 Å². The Morgan fingerprint density at radius 2 is 2.28 bits per heavy atom. The first kappa shape index (κ1) is 13.1. The summed E-state index contributed by atoms with van der Waals surface area (Å²) in [6.07, 6.45) is 4.58. The molecule has 0 saturated heterocycles. The standard InChI is InChI=1S/C11H16N4O2S/c16-6-2-1-3-8-18-11-12-13-14-15(11)9-10-5-4-7-17-10/h4-5,7,16H,1-3,6,8-9H2. The Morgan fingerprint density at radius 1 is 1.33 bits per heavy atom. The van der Waals surface area contributed by atoms with Gasteiger partial charge in [-0.15, -0.1) is 5.10 Å². The van der Waals surface area contributed by atoms with Crippen LogP contribution < -0.4 is 0 Å². The van der Waals surface area contributed by atoms with E-state index in [-0.39, 0.29) is 6.61 Å². The van der Waals surface area contributed by atoms with Crippen molar-refractivity contribution in [1.29, 1.82) is 0 Å². The van der Waals surface area contributed by atoms with Gasteiger partial charge >= 0.3 is 0 Å². The van der Waals surface area contributed by atoms with Crippen LogP contribution in [0.25, 0.3) is 0 Å². The first-order valence-corrected chi connectivity index (χ1v) is 6.91. The number of furan rings is 1. The van der Waals surface area contributed by atoms with E-state index in [1.807, 2.05) is 12.1 Å². The molecule has 0 fully saturated rings. The second-order valence-corrected chi connectivity index (χ2v) is 4.89. The summed E-state index contributed by atoms with van der Waals surface area (Å²) in [4.78, 5) is 0. The van der Waals surface area contributed by atoms with E-state index in [4.69, 9.17) is 9.52 Å². The molecule has 6 nitrogen and oxygen atoms in total. The van der Waals surface area contributed by atoms with Gasteiger partial charge in [0.1, 0.15) is 12.3 Å². The van der Waals surface area contributed by atoms with E-state index in [2.05, 4.69) is 15.5 Å². The lowest BCUT2D eigenvalue weighted by Gasteiger charge is -2.02. The van der Waals surface area contributed by atoms with Gasteiger partial charge in [0.25, 0.3) is 0 Å². The van der Waals surface area contributed by atoms with Gasteiger partial charge in [0.2, 0.25) is 5.16 Å². The number of unbranched alkanes of at least 4 members (excludes halogenated alkanes) is 2. The minimum atomic E-state index is 0.265. The Labute approximate surface area is 109 Å². The van der Waals surface area contributed by atoms with Gasteiger partial charge in [0.05, 0.1) is 6.26 Å². The van der Waals surface area contributed by atoms with E-state index in [0.29, 0.717) is 6.54 Å². The van der Waals surface area contributed by atoms with Crippen LogP contribution in [0.4, 0.5) is 0 Å². The molecule has 98 valence electrons. The maximum Gasteiger partial charge on any atom is 0.209 e. The summed E-state index contributed by atoms with van der Waals surface area (Å²) in [7, 11) is 0. The molecule has 0 amide bonds. The minimum Gasteiger partial charge on any atom is -0.467 e. The summed E-state index contributed by atoms with van der Waals surface area (Å²) in [5.74, 6) is 1.79. The molecule has 0 spiro atoms. The molecule has 0 aromatic carbocycles. The highest BCUT2D eigenvalue weighted by Crippen LogP contribution is 2.17. The third kappa shape index (κ3) is 3.85. The van der Waals surface area contributed by atoms with Crippen molar-refractivity contribution in [3.05, 3.63) is 24.2 Å². The van der Waals surface area contributed by atoms with E-state index >= 15 is 0 Å². The Hall–Kier alpha value is -1.34. The van der Waals surface area contributed by atoms with Crippen molar-refractivity contribution in [2.45, 2.75) is 31.0 Å². The van der Waals surface area contributed by atoms with Gasteiger partial charge in [0, 0.05) is 12.4 Å². The highest BCUT2D eigenvalue weighted by molar-refractivity contribution is 7.99. The first-order valence-electron chi connectivity index (χ1n) is 5.92. The fourth-order valence-electron chi connectivity index (χ4n) is 1.50. The van der Waals surface area contributed by atoms with Gasteiger partial charge in [-0.05, 0) is 35.4 Å². The van der Waals surface area contributed by atoms with Crippen LogP contribution in [0.1, 0.15) is 25.0 Å². The Bertz CT molecular complexity index is 444. The average molecular weight is 268 g/mol. The van der Waals surface area contributed by atoms with Gasteiger partial charge < -0.3 is 9.52 Å². The Morgan fingerprint density at radius 3 is 3.06 bits per heavy atom. The number of hydrogen-bond donors (Lipinski definition) is 1. The van der Waals surface area contributed by atoms with Crippen molar-refractivity contribution in [2.24, 2.45) is 0 Å². The Kier molecular flexibility index (Phi) is 5.22. The van der Waals surface area contributed by atoms with Gasteiger partial charge in [-0.3, -0.25) is 0 Å². The van der Waals surface area contributed by atoms with Crippen molar-refractivity contribution in [3.8, 4) is 0 Å². The monoisotopic (exact) mass is 268 g/mol. The maximum atomic E-state index is 8.68. The second-order valence-electron chi connectivity index (χ2n) is 3.83. The summed E-state index contributed by atoms with van der Waals surface area (Å²) in [5, 5.41) is 21.1. The van der Waals surface area contributed by atoms with E-state index in [1.165, 1.54) is 0 Å². The number of hydrogen-bond acceptors (Lipinski definition) is 6. The SMILES string of the molecule is OCCCCCSc1nnnn1Cc1ccco1. The zero-order valence-corrected chi connectivity index (χ0v) is 10.8. The molecule has 0 aliphatic rings. The number of aliphatic hydroxyl groups excluding tert-OH is 1. The van der Waals surface area contributed by atoms with Crippen LogP contribution in [0.3, 0.4) is 0 Å². The van der Waals surface area contributed by atoms with Gasteiger partial charge in [-0.25, -0.2) is 4.68 Å². The predicted molar refractivity (Wildman–Crippen MR) is 67.3 cm³/mol. The van der Waals surface area contributed by atoms with E-state index < -0.39 is 0 Å². The summed E-state index contributed by atoms with van der Waals surface area (Å²) in [6, 6.07) is 3.75. The molecule has 0 aliphatic heterocycles. The van der Waals surface area contributed by atoms with Crippen LogP contribution in [-0.4, -0.2) is 37.7 Å². The predicted octanol–water partition coefficient (Wildman–Crippen LogP) is 1.57. The highest BCUT2D eigenvalue weighted by Gasteiger charge is 2.08. The molecule has 0 unspecified atom stereocenters. The van der Waals surface area contributed by atoms with E-state index in [1.54, 1.807) is 22.7 Å². The number of nitrogens with zero attached hydrogens (tertiary/aromatic N) is 4. The topological polar surface area (TPSA) is 77.0 Å². The van der Waals surface area contributed by atoms with Crippen LogP contribution in [0.2, 0.25) is 0 Å². The summed E-state index contributed by atoms with van der Waals surface area (Å²) in [5.41, 5.74) is 0. The zero-order chi connectivity index (χ0) is 12.6. The maximum absolute atomic E-state index is 8.68. The van der Waals surface area contributed by atoms with Crippen LogP contribution in [0, 0.1) is 0 Å². The van der Waals surface area contributed by atoms with Gasteiger partial charge in [-0.1, -0.05) is 18.2 Å². The smallest absolute Gasteiger partial charge is 0.209 e. The van der Waals surface area contributed by atoms with Crippen LogP contribution in [0.15, 0.2) is 28.0 Å². The van der Waals surface area contributed by atoms with E-state index in [9.17, 15) is 0 Å². The highest BCUT2D eigenvalue weighted by atomic mass is 32.2. The summed E-state index contributed by atoms with van der Waals surface area (Å²) in [6.45, 7) is 0.819. The summed E-state index contributed by atoms with van der Waals surface area (Å²) < 4.78 is 7.00. The zero-order valence-electron chi connectivity index (χ0n) is 10.0. The molecule has 2 aromatic heterocycles. The van der Waals surface area contributed by atoms with Crippen molar-refractivity contribution < 1.29 is 9.52 Å². The van der Waals surface area contributed by atoms with Crippen molar-refractivity contribution in [2.75, 3.05) is 12.4 Å². The summed E-state index contributed by atoms with van der Waals surface area (Å²) >= 11 is 1.63. The number of rotatable bonds is 8. The number of aliphatic hydroxyl groups is 1. The molecule has 0 radical (unpaired) electrons. The lowest BCUT2D eigenvalue weighted by Crippen LogP contribution is -2.03. The molecule has 2 rings (SSSR count). The van der Waals surface area contributed by atoms with Crippen molar-refractivity contribution in [1.82, 2.24) is 20.2 Å². The average Bonchev–Trinajstić information content (AvgIpc) is 3.02. The van der Waals surface area contributed by atoms with Gasteiger partial charge in [-0.2, -0.15) is 0 Å². The molecule has 2 heterocycles. The molecule has 0 aliphatic carbocycles. The fraction of sp³-hybridized carbons (Fsp3) is 0.545. The molecule has 7 heteroatoms. The minimum absolute atomic E-state index is 0.265. The molecule has 0 bridgehead atoms. The molecule has 0 atom stereocenters. The van der Waals surface area contributed by atoms with Gasteiger partial charge in [0.15, 0.2) is 0 Å². The largest absolute Gasteiger partial charge is 0.467 e. The quantitative estimate of drug-likeness (QED) is 0.578. The molecular weight excluding hydrogens is 252 g/mol. The third-order valence-corrected chi connectivity index (χ3v) is 3.46. The molecule has 0 saturated carbocycles. The number of aromatic nitrogens is 4. The normalized spacial score (nSPS) is 10.9. The second kappa shape index (κ2) is 7.17.